The van der Waals surface area contributed by atoms with Gasteiger partial charge in [-0.2, -0.15) is 0 Å². The Kier molecular flexibility index (Phi) is 4.60. The first-order valence-electron chi connectivity index (χ1n) is 6.96. The Morgan fingerprint density at radius 3 is 2.45 bits per heavy atom. The number of aromatic nitrogens is 1. The van der Waals surface area contributed by atoms with Crippen molar-refractivity contribution < 1.29 is 19.2 Å². The standard InChI is InChI=1S/C16H18N2O4/c1-9(2)15-14(10(3)18-22-15)16(21)17-12-6-4-11(5-7-12)8-13(19)20/h4-7,9H,8H2,1-3H3,(H,17,21)(H,19,20). The van der Waals surface area contributed by atoms with Crippen LogP contribution in [0.25, 0.3) is 0 Å². The summed E-state index contributed by atoms with van der Waals surface area (Å²) in [5.41, 5.74) is 2.26. The van der Waals surface area contributed by atoms with Crippen molar-refractivity contribution in [3.8, 4) is 0 Å². The van der Waals surface area contributed by atoms with Crippen molar-refractivity contribution in [2.45, 2.75) is 33.1 Å². The molecule has 22 heavy (non-hydrogen) atoms. The number of nitrogens with one attached hydrogen (secondary N) is 1. The maximum Gasteiger partial charge on any atom is 0.307 e. The molecule has 1 aromatic carbocycles. The summed E-state index contributed by atoms with van der Waals surface area (Å²) < 4.78 is 5.20. The molecule has 0 unspecified atom stereocenters. The van der Waals surface area contributed by atoms with Crippen LogP contribution in [0.1, 0.15) is 47.1 Å². The average molecular weight is 302 g/mol. The van der Waals surface area contributed by atoms with Gasteiger partial charge in [0.2, 0.25) is 0 Å². The van der Waals surface area contributed by atoms with Crippen LogP contribution in [-0.2, 0) is 11.2 Å². The van der Waals surface area contributed by atoms with Crippen LogP contribution in [-0.4, -0.2) is 22.1 Å². The van der Waals surface area contributed by atoms with E-state index in [4.69, 9.17) is 9.63 Å². The van der Waals surface area contributed by atoms with E-state index in [1.165, 1.54) is 0 Å². The van der Waals surface area contributed by atoms with Crippen molar-refractivity contribution in [1.82, 2.24) is 5.16 Å². The fraction of sp³-hybridized carbons (Fsp3) is 0.312. The Balaban J connectivity index is 2.15. The highest BCUT2D eigenvalue weighted by atomic mass is 16.5. The second-order valence-corrected chi connectivity index (χ2v) is 5.38. The molecule has 0 spiro atoms. The molecule has 0 bridgehead atoms. The minimum atomic E-state index is -0.890. The van der Waals surface area contributed by atoms with Crippen LogP contribution in [0, 0.1) is 6.92 Å². The van der Waals surface area contributed by atoms with Crippen LogP contribution < -0.4 is 5.32 Å². The lowest BCUT2D eigenvalue weighted by atomic mass is 10.0. The molecule has 116 valence electrons. The number of hydrogen-bond donors (Lipinski definition) is 2. The number of carboxylic acid groups (broad SMARTS) is 1. The zero-order chi connectivity index (χ0) is 16.3. The van der Waals surface area contributed by atoms with E-state index in [-0.39, 0.29) is 18.2 Å². The van der Waals surface area contributed by atoms with E-state index < -0.39 is 5.97 Å². The number of hydrogen-bond acceptors (Lipinski definition) is 4. The van der Waals surface area contributed by atoms with Crippen LogP contribution in [0.4, 0.5) is 5.69 Å². The Bertz CT molecular complexity index is 687. The van der Waals surface area contributed by atoms with E-state index in [1.807, 2.05) is 13.8 Å². The first-order valence-corrected chi connectivity index (χ1v) is 6.96. The molecule has 2 aromatic rings. The van der Waals surface area contributed by atoms with Gasteiger partial charge in [0.1, 0.15) is 5.56 Å². The zero-order valence-electron chi connectivity index (χ0n) is 12.7. The largest absolute Gasteiger partial charge is 0.481 e. The number of nitrogens with zero attached hydrogens (tertiary/aromatic N) is 1. The summed E-state index contributed by atoms with van der Waals surface area (Å²) in [6, 6.07) is 6.70. The first kappa shape index (κ1) is 15.8. The third kappa shape index (κ3) is 3.52. The van der Waals surface area contributed by atoms with Gasteiger partial charge >= 0.3 is 5.97 Å². The molecule has 0 saturated carbocycles. The normalized spacial score (nSPS) is 10.7. The zero-order valence-corrected chi connectivity index (χ0v) is 12.7. The van der Waals surface area contributed by atoms with Gasteiger partial charge in [-0.15, -0.1) is 0 Å². The van der Waals surface area contributed by atoms with Crippen LogP contribution in [0.5, 0.6) is 0 Å². The molecule has 0 radical (unpaired) electrons. The van der Waals surface area contributed by atoms with Gasteiger partial charge in [0, 0.05) is 11.6 Å². The summed E-state index contributed by atoms with van der Waals surface area (Å²) in [4.78, 5) is 23.0. The molecule has 0 saturated heterocycles. The van der Waals surface area contributed by atoms with Crippen LogP contribution in [0.3, 0.4) is 0 Å². The second-order valence-electron chi connectivity index (χ2n) is 5.38. The number of aryl methyl sites for hydroxylation is 1. The molecule has 0 aliphatic rings. The van der Waals surface area contributed by atoms with Gasteiger partial charge in [-0.25, -0.2) is 0 Å². The molecule has 1 amide bonds. The number of carbonyl (C=O) groups excluding carboxylic acids is 1. The molecule has 0 fully saturated rings. The van der Waals surface area contributed by atoms with Crippen molar-refractivity contribution in [2.24, 2.45) is 0 Å². The van der Waals surface area contributed by atoms with E-state index in [0.717, 1.165) is 0 Å². The maximum atomic E-state index is 12.4. The topological polar surface area (TPSA) is 92.4 Å². The number of rotatable bonds is 5. The minimum Gasteiger partial charge on any atom is -0.481 e. The highest BCUT2D eigenvalue weighted by Gasteiger charge is 2.22. The fourth-order valence-corrected chi connectivity index (χ4v) is 2.13. The van der Waals surface area contributed by atoms with Gasteiger partial charge in [0.05, 0.1) is 12.1 Å². The highest BCUT2D eigenvalue weighted by Crippen LogP contribution is 2.23. The summed E-state index contributed by atoms with van der Waals surface area (Å²) in [5.74, 6) is -0.565. The number of anilines is 1. The number of carboxylic acids is 1. The van der Waals surface area contributed by atoms with Gasteiger partial charge in [-0.05, 0) is 24.6 Å². The third-order valence-electron chi connectivity index (χ3n) is 3.21. The van der Waals surface area contributed by atoms with Crippen molar-refractivity contribution in [3.05, 3.63) is 46.8 Å². The summed E-state index contributed by atoms with van der Waals surface area (Å²) in [7, 11) is 0. The predicted octanol–water partition coefficient (Wildman–Crippen LogP) is 2.99. The SMILES string of the molecule is Cc1noc(C(C)C)c1C(=O)Nc1ccc(CC(=O)O)cc1. The van der Waals surface area contributed by atoms with Crippen molar-refractivity contribution in [3.63, 3.8) is 0 Å². The Hall–Kier alpha value is -2.63. The second kappa shape index (κ2) is 6.43. The van der Waals surface area contributed by atoms with E-state index in [0.29, 0.717) is 28.3 Å². The molecule has 0 aliphatic heterocycles. The quantitative estimate of drug-likeness (QED) is 0.885. The summed E-state index contributed by atoms with van der Waals surface area (Å²) in [6.07, 6.45) is -0.0452. The molecule has 2 N–H and O–H groups in total. The smallest absolute Gasteiger partial charge is 0.307 e. The van der Waals surface area contributed by atoms with E-state index >= 15 is 0 Å². The number of carbonyl (C=O) groups is 2. The molecule has 1 heterocycles. The number of amides is 1. The fourth-order valence-electron chi connectivity index (χ4n) is 2.13. The first-order chi connectivity index (χ1) is 10.4. The molecule has 0 aliphatic carbocycles. The van der Waals surface area contributed by atoms with Crippen molar-refractivity contribution in [1.29, 1.82) is 0 Å². The summed E-state index contributed by atoms with van der Waals surface area (Å²) in [5, 5.41) is 15.4. The number of aliphatic carboxylic acids is 1. The highest BCUT2D eigenvalue weighted by molar-refractivity contribution is 6.05. The van der Waals surface area contributed by atoms with Gasteiger partial charge in [-0.3, -0.25) is 9.59 Å². The average Bonchev–Trinajstić information content (AvgIpc) is 2.82. The summed E-state index contributed by atoms with van der Waals surface area (Å²) >= 11 is 0. The van der Waals surface area contributed by atoms with Gasteiger partial charge in [-0.1, -0.05) is 31.1 Å². The van der Waals surface area contributed by atoms with Gasteiger partial charge in [0.25, 0.3) is 5.91 Å². The molecule has 0 atom stereocenters. The molecule has 6 heteroatoms. The third-order valence-corrected chi connectivity index (χ3v) is 3.21. The molecule has 1 aromatic heterocycles. The van der Waals surface area contributed by atoms with Crippen LogP contribution >= 0.6 is 0 Å². The lowest BCUT2D eigenvalue weighted by Crippen LogP contribution is -2.14. The van der Waals surface area contributed by atoms with Crippen molar-refractivity contribution in [2.75, 3.05) is 5.32 Å². The van der Waals surface area contributed by atoms with E-state index in [2.05, 4.69) is 10.5 Å². The van der Waals surface area contributed by atoms with Crippen LogP contribution in [0.2, 0.25) is 0 Å². The Morgan fingerprint density at radius 2 is 1.91 bits per heavy atom. The van der Waals surface area contributed by atoms with Crippen LogP contribution in [0.15, 0.2) is 28.8 Å². The Morgan fingerprint density at radius 1 is 1.27 bits per heavy atom. The lowest BCUT2D eigenvalue weighted by Gasteiger charge is -2.07. The molecular weight excluding hydrogens is 284 g/mol. The Labute approximate surface area is 128 Å². The predicted molar refractivity (Wildman–Crippen MR) is 81.1 cm³/mol. The van der Waals surface area contributed by atoms with Gasteiger partial charge < -0.3 is 14.9 Å². The lowest BCUT2D eigenvalue weighted by molar-refractivity contribution is -0.136. The molecular formula is C16H18N2O4. The number of benzene rings is 1. The van der Waals surface area contributed by atoms with E-state index in [9.17, 15) is 9.59 Å². The molecule has 6 nitrogen and oxygen atoms in total. The van der Waals surface area contributed by atoms with Gasteiger partial charge in [0.15, 0.2) is 5.76 Å². The molecule has 2 rings (SSSR count). The van der Waals surface area contributed by atoms with E-state index in [1.54, 1.807) is 31.2 Å². The van der Waals surface area contributed by atoms with Crippen molar-refractivity contribution >= 4 is 17.6 Å². The summed E-state index contributed by atoms with van der Waals surface area (Å²) in [6.45, 7) is 5.58. The maximum absolute atomic E-state index is 12.4. The minimum absolute atomic E-state index is 0.0452. The monoisotopic (exact) mass is 302 g/mol.